The van der Waals surface area contributed by atoms with Crippen LogP contribution in [0.5, 0.6) is 17.2 Å². The quantitative estimate of drug-likeness (QED) is 0.121. The summed E-state index contributed by atoms with van der Waals surface area (Å²) in [6.07, 6.45) is 0.861. The van der Waals surface area contributed by atoms with E-state index in [-0.39, 0.29) is 24.0 Å². The van der Waals surface area contributed by atoms with Gasteiger partial charge in [0.2, 0.25) is 0 Å². The summed E-state index contributed by atoms with van der Waals surface area (Å²) in [4.78, 5) is 17.7. The molecule has 1 amide bonds. The van der Waals surface area contributed by atoms with Gasteiger partial charge in [-0.1, -0.05) is 41.9 Å². The van der Waals surface area contributed by atoms with Gasteiger partial charge in [0.1, 0.15) is 23.9 Å². The van der Waals surface area contributed by atoms with Crippen molar-refractivity contribution in [3.05, 3.63) is 119 Å². The van der Waals surface area contributed by atoms with Gasteiger partial charge in [-0.15, -0.1) is 0 Å². The van der Waals surface area contributed by atoms with Crippen molar-refractivity contribution in [1.82, 2.24) is 4.98 Å². The smallest absolute Gasteiger partial charge is 0.262 e. The lowest BCUT2D eigenvalue weighted by molar-refractivity contribution is -0.118. The standard InChI is InChI=1S/C35H33ClN2O7S/c1-42-24-45-34-19-8-25(5-4-20-46(40,41)31-17-10-27(36)11-18-31)21-33(34)38-35(39)23-44-30-15-13-29(14-16-30)43-22-28-12-9-26-6-2-3-7-32(26)37-28/h2-3,6-19,21H,4-5,20,22-24H2,1H3,(H,38,39). The van der Waals surface area contributed by atoms with E-state index in [0.717, 1.165) is 22.2 Å². The molecule has 1 N–H and O–H groups in total. The molecule has 1 heterocycles. The molecule has 0 unspecified atom stereocenters. The Hall–Kier alpha value is -4.64. The second-order valence-electron chi connectivity index (χ2n) is 10.3. The van der Waals surface area contributed by atoms with Crippen molar-refractivity contribution in [3.63, 3.8) is 0 Å². The first-order valence-electron chi connectivity index (χ1n) is 14.5. The van der Waals surface area contributed by atoms with E-state index in [2.05, 4.69) is 10.3 Å². The number of aryl methyl sites for hydroxylation is 1. The topological polar surface area (TPSA) is 113 Å². The molecule has 0 saturated carbocycles. The summed E-state index contributed by atoms with van der Waals surface area (Å²) >= 11 is 5.88. The fourth-order valence-corrected chi connectivity index (χ4v) is 6.05. The number of ether oxygens (including phenoxy) is 4. The number of hydrogen-bond donors (Lipinski definition) is 1. The number of rotatable bonds is 15. The van der Waals surface area contributed by atoms with Gasteiger partial charge in [0.05, 0.1) is 27.5 Å². The Labute approximate surface area is 273 Å². The minimum Gasteiger partial charge on any atom is -0.487 e. The van der Waals surface area contributed by atoms with Crippen molar-refractivity contribution in [2.45, 2.75) is 24.3 Å². The zero-order valence-corrected chi connectivity index (χ0v) is 26.7. The first kappa shape index (κ1) is 32.7. The van der Waals surface area contributed by atoms with Crippen LogP contribution in [0.4, 0.5) is 5.69 Å². The van der Waals surface area contributed by atoms with E-state index in [4.69, 9.17) is 30.5 Å². The summed E-state index contributed by atoms with van der Waals surface area (Å²) < 4.78 is 47.6. The Balaban J connectivity index is 1.13. The minimum atomic E-state index is -3.45. The average Bonchev–Trinajstić information content (AvgIpc) is 3.06. The molecular formula is C35H33ClN2O7S. The van der Waals surface area contributed by atoms with Crippen LogP contribution < -0.4 is 19.5 Å². The molecule has 0 saturated heterocycles. The first-order chi connectivity index (χ1) is 22.3. The lowest BCUT2D eigenvalue weighted by Crippen LogP contribution is -2.21. The number of nitrogens with one attached hydrogen (secondary N) is 1. The average molecular weight is 661 g/mol. The van der Waals surface area contributed by atoms with Crippen molar-refractivity contribution in [2.24, 2.45) is 0 Å². The number of aromatic nitrogens is 1. The molecule has 0 aliphatic rings. The van der Waals surface area contributed by atoms with Crippen molar-refractivity contribution in [1.29, 1.82) is 0 Å². The summed E-state index contributed by atoms with van der Waals surface area (Å²) in [6.45, 7) is 0.0655. The number of halogens is 1. The van der Waals surface area contributed by atoms with Gasteiger partial charge in [-0.25, -0.2) is 13.4 Å². The molecule has 0 aliphatic heterocycles. The maximum Gasteiger partial charge on any atom is 0.262 e. The SMILES string of the molecule is COCOc1ccc(CCCS(=O)(=O)c2ccc(Cl)cc2)cc1NC(=O)COc1ccc(OCc2ccc3ccccc3n2)cc1. The normalized spacial score (nSPS) is 11.3. The summed E-state index contributed by atoms with van der Waals surface area (Å²) in [6, 6.07) is 30.3. The van der Waals surface area contributed by atoms with Crippen LogP contribution in [0, 0.1) is 0 Å². The second kappa shape index (κ2) is 15.6. The second-order valence-corrected chi connectivity index (χ2v) is 12.9. The first-order valence-corrected chi connectivity index (χ1v) is 16.6. The lowest BCUT2D eigenvalue weighted by atomic mass is 10.1. The number of hydrogen-bond acceptors (Lipinski definition) is 8. The molecule has 238 valence electrons. The minimum absolute atomic E-state index is 0.0105. The molecule has 0 aliphatic carbocycles. The molecule has 5 rings (SSSR count). The number of para-hydroxylation sites is 1. The molecule has 0 bridgehead atoms. The molecule has 11 heteroatoms. The molecule has 4 aromatic carbocycles. The fraction of sp³-hybridized carbons (Fsp3) is 0.200. The third kappa shape index (κ3) is 9.20. The number of methoxy groups -OCH3 is 1. The molecule has 1 aromatic heterocycles. The third-order valence-electron chi connectivity index (χ3n) is 6.94. The number of benzene rings is 4. The summed E-state index contributed by atoms with van der Waals surface area (Å²) in [7, 11) is -1.96. The number of anilines is 1. The van der Waals surface area contributed by atoms with Gasteiger partial charge in [0.15, 0.2) is 23.2 Å². The van der Waals surface area contributed by atoms with Crippen LogP contribution >= 0.6 is 11.6 Å². The van der Waals surface area contributed by atoms with E-state index >= 15 is 0 Å². The highest BCUT2D eigenvalue weighted by molar-refractivity contribution is 7.91. The van der Waals surface area contributed by atoms with Crippen LogP contribution in [-0.4, -0.2) is 45.6 Å². The molecule has 5 aromatic rings. The Morgan fingerprint density at radius 2 is 1.59 bits per heavy atom. The summed E-state index contributed by atoms with van der Waals surface area (Å²) in [5, 5.41) is 4.37. The van der Waals surface area contributed by atoms with Gasteiger partial charge < -0.3 is 24.3 Å². The molecule has 9 nitrogen and oxygen atoms in total. The van der Waals surface area contributed by atoms with E-state index in [9.17, 15) is 13.2 Å². The van der Waals surface area contributed by atoms with Crippen LogP contribution in [0.2, 0.25) is 5.02 Å². The van der Waals surface area contributed by atoms with E-state index in [1.165, 1.54) is 19.2 Å². The highest BCUT2D eigenvalue weighted by Gasteiger charge is 2.15. The maximum absolute atomic E-state index is 12.8. The number of amides is 1. The van der Waals surface area contributed by atoms with Crippen LogP contribution in [0.1, 0.15) is 17.7 Å². The van der Waals surface area contributed by atoms with Gasteiger partial charge in [0, 0.05) is 17.5 Å². The van der Waals surface area contributed by atoms with E-state index < -0.39 is 15.7 Å². The zero-order valence-electron chi connectivity index (χ0n) is 25.1. The molecular weight excluding hydrogens is 628 g/mol. The molecule has 0 fully saturated rings. The number of carbonyl (C=O) groups is 1. The third-order valence-corrected chi connectivity index (χ3v) is 9.01. The monoisotopic (exact) mass is 660 g/mol. The van der Waals surface area contributed by atoms with E-state index in [1.807, 2.05) is 42.5 Å². The van der Waals surface area contributed by atoms with Gasteiger partial charge in [-0.2, -0.15) is 0 Å². The van der Waals surface area contributed by atoms with Crippen LogP contribution in [0.25, 0.3) is 10.9 Å². The number of fused-ring (bicyclic) bond motifs is 1. The fourth-order valence-electron chi connectivity index (χ4n) is 4.62. The van der Waals surface area contributed by atoms with Crippen molar-refractivity contribution in [2.75, 3.05) is 31.6 Å². The predicted octanol–water partition coefficient (Wildman–Crippen LogP) is 6.87. The Morgan fingerprint density at radius 3 is 2.35 bits per heavy atom. The predicted molar refractivity (Wildman–Crippen MR) is 177 cm³/mol. The van der Waals surface area contributed by atoms with Gasteiger partial charge in [0.25, 0.3) is 5.91 Å². The van der Waals surface area contributed by atoms with E-state index in [1.54, 1.807) is 48.5 Å². The summed E-state index contributed by atoms with van der Waals surface area (Å²) in [5.41, 5.74) is 2.99. The number of carbonyl (C=O) groups excluding carboxylic acids is 1. The Morgan fingerprint density at radius 1 is 0.848 bits per heavy atom. The van der Waals surface area contributed by atoms with Crippen LogP contribution in [-0.2, 0) is 32.4 Å². The Kier molecular flexibility index (Phi) is 11.1. The summed E-state index contributed by atoms with van der Waals surface area (Å²) in [5.74, 6) is 1.13. The zero-order chi connectivity index (χ0) is 32.4. The van der Waals surface area contributed by atoms with Gasteiger partial charge in [-0.05, 0) is 91.2 Å². The Bertz CT molecular complexity index is 1880. The largest absolute Gasteiger partial charge is 0.487 e. The number of nitrogens with zero attached hydrogens (tertiary/aromatic N) is 1. The molecule has 0 atom stereocenters. The molecule has 0 spiro atoms. The maximum atomic E-state index is 12.8. The highest BCUT2D eigenvalue weighted by atomic mass is 35.5. The van der Waals surface area contributed by atoms with Crippen LogP contribution in [0.3, 0.4) is 0 Å². The van der Waals surface area contributed by atoms with Crippen molar-refractivity contribution >= 4 is 43.9 Å². The van der Waals surface area contributed by atoms with Crippen molar-refractivity contribution < 1.29 is 32.2 Å². The lowest BCUT2D eigenvalue weighted by Gasteiger charge is -2.14. The van der Waals surface area contributed by atoms with Gasteiger partial charge in [-0.3, -0.25) is 4.79 Å². The molecule has 0 radical (unpaired) electrons. The highest BCUT2D eigenvalue weighted by Crippen LogP contribution is 2.27. The number of pyridine rings is 1. The van der Waals surface area contributed by atoms with Gasteiger partial charge >= 0.3 is 0 Å². The molecule has 46 heavy (non-hydrogen) atoms. The number of sulfone groups is 1. The van der Waals surface area contributed by atoms with E-state index in [0.29, 0.717) is 47.4 Å². The van der Waals surface area contributed by atoms with Crippen molar-refractivity contribution in [3.8, 4) is 17.2 Å². The van der Waals surface area contributed by atoms with Crippen LogP contribution in [0.15, 0.2) is 108 Å².